The van der Waals surface area contributed by atoms with E-state index >= 15 is 0 Å². The van der Waals surface area contributed by atoms with Crippen molar-refractivity contribution in [2.45, 2.75) is 25.7 Å². The lowest BCUT2D eigenvalue weighted by atomic mass is 9.95. The molecule has 0 saturated carbocycles. The molecule has 0 bridgehead atoms. The van der Waals surface area contributed by atoms with Crippen molar-refractivity contribution in [3.05, 3.63) is 35.9 Å². The van der Waals surface area contributed by atoms with Crippen molar-refractivity contribution in [1.29, 1.82) is 0 Å². The predicted molar refractivity (Wildman–Crippen MR) is 59.7 cm³/mol. The molecule has 0 aromatic heterocycles. The smallest absolute Gasteiger partial charge is 0.313 e. The second-order valence-electron chi connectivity index (χ2n) is 3.28. The number of methoxy groups -OCH3 is 1. The second-order valence-corrected chi connectivity index (χ2v) is 3.28. The quantitative estimate of drug-likeness (QED) is 0.713. The molecule has 15 heavy (non-hydrogen) atoms. The summed E-state index contributed by atoms with van der Waals surface area (Å²) in [5.41, 5.74) is 1.04. The highest BCUT2D eigenvalue weighted by atomic mass is 16.5. The Hall–Kier alpha value is -1.35. The van der Waals surface area contributed by atoms with Gasteiger partial charge in [0.05, 0.1) is 13.0 Å². The van der Waals surface area contributed by atoms with Gasteiger partial charge in [0.1, 0.15) is 0 Å². The highest BCUT2D eigenvalue weighted by molar-refractivity contribution is 5.77. The zero-order valence-corrected chi connectivity index (χ0v) is 9.19. The molecule has 0 spiro atoms. The number of ether oxygens (including phenoxy) is 1. The Morgan fingerprint density at radius 3 is 2.40 bits per heavy atom. The molecule has 1 rings (SSSR count). The number of hydrogen-bond acceptors (Lipinski definition) is 2. The Morgan fingerprint density at radius 2 is 1.93 bits per heavy atom. The van der Waals surface area contributed by atoms with E-state index in [0.29, 0.717) is 0 Å². The predicted octanol–water partition coefficient (Wildman–Crippen LogP) is 1.92. The van der Waals surface area contributed by atoms with Gasteiger partial charge in [-0.3, -0.25) is 4.79 Å². The zero-order valence-electron chi connectivity index (χ0n) is 9.19. The first-order valence-corrected chi connectivity index (χ1v) is 4.92. The first-order chi connectivity index (χ1) is 6.79. The lowest BCUT2D eigenvalue weighted by molar-refractivity contribution is -0.142. The minimum Gasteiger partial charge on any atom is -0.469 e. The van der Waals surface area contributed by atoms with Crippen molar-refractivity contribution in [2.75, 3.05) is 7.11 Å². The lowest BCUT2D eigenvalue weighted by Crippen LogP contribution is -2.13. The largest absolute Gasteiger partial charge is 0.469 e. The molecule has 3 nitrogen and oxygen atoms in total. The molecule has 0 aliphatic carbocycles. The first kappa shape index (κ1) is 13.7. The zero-order chi connectivity index (χ0) is 10.4. The van der Waals surface area contributed by atoms with Crippen LogP contribution in [-0.2, 0) is 9.53 Å². The lowest BCUT2D eigenvalue weighted by Gasteiger charge is -2.13. The highest BCUT2D eigenvalue weighted by Crippen LogP contribution is 2.22. The van der Waals surface area contributed by atoms with E-state index in [9.17, 15) is 4.79 Å². The summed E-state index contributed by atoms with van der Waals surface area (Å²) in [6, 6.07) is 9.78. The normalized spacial score (nSPS) is 11.3. The molecule has 1 atom stereocenters. The van der Waals surface area contributed by atoms with Crippen LogP contribution < -0.4 is 0 Å². The van der Waals surface area contributed by atoms with Crippen LogP contribution >= 0.6 is 0 Å². The van der Waals surface area contributed by atoms with Crippen LogP contribution in [0.4, 0.5) is 0 Å². The van der Waals surface area contributed by atoms with E-state index in [1.807, 2.05) is 30.3 Å². The SMILES string of the molecule is CCCC(C(=O)OC)c1ccccc1.O. The fourth-order valence-corrected chi connectivity index (χ4v) is 1.54. The Morgan fingerprint density at radius 1 is 1.33 bits per heavy atom. The van der Waals surface area contributed by atoms with E-state index < -0.39 is 0 Å². The summed E-state index contributed by atoms with van der Waals surface area (Å²) in [4.78, 5) is 11.5. The summed E-state index contributed by atoms with van der Waals surface area (Å²) in [6.07, 6.45) is 1.82. The average molecular weight is 210 g/mol. The molecule has 1 aromatic rings. The number of esters is 1. The van der Waals surface area contributed by atoms with Crippen LogP contribution in [0, 0.1) is 0 Å². The number of carbonyl (C=O) groups excluding carboxylic acids is 1. The third-order valence-electron chi connectivity index (χ3n) is 2.26. The fraction of sp³-hybridized carbons (Fsp3) is 0.417. The molecule has 0 heterocycles. The number of carbonyl (C=O) groups is 1. The summed E-state index contributed by atoms with van der Waals surface area (Å²) >= 11 is 0. The van der Waals surface area contributed by atoms with E-state index in [1.54, 1.807) is 0 Å². The summed E-state index contributed by atoms with van der Waals surface area (Å²) in [6.45, 7) is 2.07. The van der Waals surface area contributed by atoms with Crippen LogP contribution in [0.15, 0.2) is 30.3 Å². The molecule has 2 N–H and O–H groups in total. The van der Waals surface area contributed by atoms with Gasteiger partial charge in [0.2, 0.25) is 0 Å². The average Bonchev–Trinajstić information content (AvgIpc) is 2.26. The van der Waals surface area contributed by atoms with E-state index in [0.717, 1.165) is 18.4 Å². The Bertz CT molecular complexity index is 282. The van der Waals surface area contributed by atoms with E-state index in [1.165, 1.54) is 7.11 Å². The molecule has 84 valence electrons. The van der Waals surface area contributed by atoms with Crippen molar-refractivity contribution < 1.29 is 15.0 Å². The summed E-state index contributed by atoms with van der Waals surface area (Å²) in [7, 11) is 1.44. The van der Waals surface area contributed by atoms with Gasteiger partial charge in [0, 0.05) is 0 Å². The summed E-state index contributed by atoms with van der Waals surface area (Å²) < 4.78 is 4.78. The number of hydrogen-bond donors (Lipinski definition) is 0. The molecule has 0 amide bonds. The van der Waals surface area contributed by atoms with E-state index in [-0.39, 0.29) is 17.4 Å². The summed E-state index contributed by atoms with van der Waals surface area (Å²) in [5.74, 6) is -0.246. The minimum atomic E-state index is -0.141. The molecule has 1 unspecified atom stereocenters. The van der Waals surface area contributed by atoms with Crippen LogP contribution in [0.5, 0.6) is 0 Å². The van der Waals surface area contributed by atoms with Gasteiger partial charge in [-0.25, -0.2) is 0 Å². The van der Waals surface area contributed by atoms with Crippen LogP contribution in [0.25, 0.3) is 0 Å². The minimum absolute atomic E-state index is 0. The standard InChI is InChI=1S/C12H16O2.H2O/c1-3-7-11(12(13)14-2)10-8-5-4-6-9-10;/h4-6,8-9,11H,3,7H2,1-2H3;1H2. The highest BCUT2D eigenvalue weighted by Gasteiger charge is 2.19. The van der Waals surface area contributed by atoms with Crippen LogP contribution in [0.1, 0.15) is 31.2 Å². The molecule has 0 fully saturated rings. The van der Waals surface area contributed by atoms with Crippen molar-refractivity contribution in [3.8, 4) is 0 Å². The molecule has 0 radical (unpaired) electrons. The monoisotopic (exact) mass is 210 g/mol. The van der Waals surface area contributed by atoms with Gasteiger partial charge in [-0.05, 0) is 12.0 Å². The van der Waals surface area contributed by atoms with Gasteiger partial charge in [-0.15, -0.1) is 0 Å². The molecule has 0 saturated heterocycles. The molecule has 0 aliphatic heterocycles. The third-order valence-corrected chi connectivity index (χ3v) is 2.26. The first-order valence-electron chi connectivity index (χ1n) is 4.92. The van der Waals surface area contributed by atoms with Crippen molar-refractivity contribution >= 4 is 5.97 Å². The molecular formula is C12H18O3. The van der Waals surface area contributed by atoms with Gasteiger partial charge in [-0.1, -0.05) is 43.7 Å². The number of rotatable bonds is 4. The van der Waals surface area contributed by atoms with Crippen molar-refractivity contribution in [2.24, 2.45) is 0 Å². The Balaban J connectivity index is 0.00000196. The van der Waals surface area contributed by atoms with Gasteiger partial charge >= 0.3 is 5.97 Å². The third kappa shape index (κ3) is 3.72. The molecular weight excluding hydrogens is 192 g/mol. The Labute approximate surface area is 90.4 Å². The van der Waals surface area contributed by atoms with Crippen molar-refractivity contribution in [1.82, 2.24) is 0 Å². The van der Waals surface area contributed by atoms with Gasteiger partial charge in [-0.2, -0.15) is 0 Å². The molecule has 3 heteroatoms. The van der Waals surface area contributed by atoms with Crippen LogP contribution in [0.3, 0.4) is 0 Å². The van der Waals surface area contributed by atoms with Crippen LogP contribution in [-0.4, -0.2) is 18.6 Å². The molecule has 0 aliphatic rings. The fourth-order valence-electron chi connectivity index (χ4n) is 1.54. The van der Waals surface area contributed by atoms with E-state index in [4.69, 9.17) is 4.74 Å². The maximum Gasteiger partial charge on any atom is 0.313 e. The van der Waals surface area contributed by atoms with Crippen molar-refractivity contribution in [3.63, 3.8) is 0 Å². The Kier molecular flexibility index (Phi) is 6.38. The number of benzene rings is 1. The van der Waals surface area contributed by atoms with Gasteiger partial charge in [0.25, 0.3) is 0 Å². The molecule has 1 aromatic carbocycles. The van der Waals surface area contributed by atoms with Gasteiger partial charge < -0.3 is 10.2 Å². The van der Waals surface area contributed by atoms with Gasteiger partial charge in [0.15, 0.2) is 0 Å². The topological polar surface area (TPSA) is 57.8 Å². The van der Waals surface area contributed by atoms with Crippen LogP contribution in [0.2, 0.25) is 0 Å². The van der Waals surface area contributed by atoms with E-state index in [2.05, 4.69) is 6.92 Å². The summed E-state index contributed by atoms with van der Waals surface area (Å²) in [5, 5.41) is 0. The second kappa shape index (κ2) is 7.01. The maximum atomic E-state index is 11.5. The maximum absolute atomic E-state index is 11.5.